The fourth-order valence-corrected chi connectivity index (χ4v) is 7.98. The van der Waals surface area contributed by atoms with Gasteiger partial charge < -0.3 is 9.64 Å². The van der Waals surface area contributed by atoms with Crippen LogP contribution in [0.1, 0.15) is 51.4 Å². The summed E-state index contributed by atoms with van der Waals surface area (Å²) in [6.45, 7) is 10.0. The van der Waals surface area contributed by atoms with E-state index in [0.29, 0.717) is 62.3 Å². The summed E-state index contributed by atoms with van der Waals surface area (Å²) >= 11 is 16.5. The van der Waals surface area contributed by atoms with Gasteiger partial charge in [0.25, 0.3) is 0 Å². The van der Waals surface area contributed by atoms with Crippen molar-refractivity contribution in [3.8, 4) is 0 Å². The second-order valence-corrected chi connectivity index (χ2v) is 13.4. The first-order valence-corrected chi connectivity index (χ1v) is 16.0. The molecule has 0 amide bonds. The maximum Gasteiger partial charge on any atom is 0.225 e. The maximum atomic E-state index is 15.0. The summed E-state index contributed by atoms with van der Waals surface area (Å²) in [7, 11) is 0. The van der Waals surface area contributed by atoms with E-state index in [1.54, 1.807) is 0 Å². The highest BCUT2D eigenvalue weighted by molar-refractivity contribution is 9.10. The number of aryl methyl sites for hydroxylation is 1. The zero-order valence-electron chi connectivity index (χ0n) is 23.8. The van der Waals surface area contributed by atoms with Gasteiger partial charge in [0.15, 0.2) is 11.6 Å². The van der Waals surface area contributed by atoms with E-state index < -0.39 is 17.2 Å². The number of ether oxygens (including phenoxy) is 1. The molecule has 13 heteroatoms. The number of halogens is 5. The maximum absolute atomic E-state index is 15.0. The summed E-state index contributed by atoms with van der Waals surface area (Å²) < 4.78 is 37.0. The molecule has 3 aliphatic rings. The molecule has 0 N–H and O–H groups in total. The normalized spacial score (nSPS) is 25.7. The number of hydrogen-bond donors (Lipinski definition) is 0. The predicted octanol–water partition coefficient (Wildman–Crippen LogP) is 6.38. The Bertz CT molecular complexity index is 1550. The van der Waals surface area contributed by atoms with Crippen LogP contribution in [0.5, 0.6) is 0 Å². The molecule has 4 heterocycles. The van der Waals surface area contributed by atoms with Crippen LogP contribution < -0.4 is 4.90 Å². The molecule has 8 nitrogen and oxygen atoms in total. The Hall–Kier alpha value is -1.92. The predicted molar refractivity (Wildman–Crippen MR) is 161 cm³/mol. The second kappa shape index (κ2) is 11.5. The van der Waals surface area contributed by atoms with Crippen molar-refractivity contribution in [2.75, 3.05) is 37.7 Å². The van der Waals surface area contributed by atoms with Gasteiger partial charge in [0, 0.05) is 37.5 Å². The number of morpholine rings is 1. The summed E-state index contributed by atoms with van der Waals surface area (Å²) in [6, 6.07) is 1.21. The third kappa shape index (κ3) is 4.74. The van der Waals surface area contributed by atoms with Crippen LogP contribution in [0.3, 0.4) is 0 Å². The number of anilines is 1. The molecule has 0 bridgehead atoms. The molecule has 1 aromatic carbocycles. The largest absolute Gasteiger partial charge is 0.379 e. The summed E-state index contributed by atoms with van der Waals surface area (Å²) in [5.74, 6) is -1.01. The molecule has 2 aliphatic heterocycles. The number of nitrogens with zero attached hydrogens (tertiary/aromatic N) is 6. The van der Waals surface area contributed by atoms with E-state index in [1.807, 2.05) is 16.5 Å². The van der Waals surface area contributed by atoms with Gasteiger partial charge in [-0.3, -0.25) is 14.4 Å². The lowest BCUT2D eigenvalue weighted by atomic mass is 9.61. The number of carbonyl (C=O) groups is 1. The zero-order valence-corrected chi connectivity index (χ0v) is 26.9. The number of aromatic nitrogens is 4. The highest BCUT2D eigenvalue weighted by Crippen LogP contribution is 2.51. The summed E-state index contributed by atoms with van der Waals surface area (Å²) in [5, 5.41) is 5.63. The number of hydrogen-bond acceptors (Lipinski definition) is 7. The molecule has 3 atom stereocenters. The van der Waals surface area contributed by atoms with Crippen molar-refractivity contribution in [3.63, 3.8) is 0 Å². The number of benzene rings is 1. The van der Waals surface area contributed by atoms with Crippen molar-refractivity contribution in [2.45, 2.75) is 58.7 Å². The molecule has 3 aromatic rings. The lowest BCUT2D eigenvalue weighted by Crippen LogP contribution is -2.64. The molecule has 6 rings (SSSR count). The molecule has 1 aliphatic carbocycles. The Balaban J connectivity index is 1.50. The van der Waals surface area contributed by atoms with Crippen LogP contribution in [0.2, 0.25) is 10.3 Å². The lowest BCUT2D eigenvalue weighted by molar-refractivity contribution is -0.153. The average molecular weight is 686 g/mol. The molecular weight excluding hydrogens is 653 g/mol. The van der Waals surface area contributed by atoms with Gasteiger partial charge in [0.1, 0.15) is 28.4 Å². The second-order valence-electron chi connectivity index (χ2n) is 11.9. The molecule has 1 saturated carbocycles. The highest BCUT2D eigenvalue weighted by atomic mass is 79.9. The monoisotopic (exact) mass is 684 g/mol. The number of rotatable bonds is 4. The SMILES string of the molecule is CC1CCC(C(C)C)C(c2nn3c(c2Cl)CN(c2nc(Cl)nc4c(F)c(Br)c(F)cc24)CCC3)(N2CCOCC2)C1=O. The third-order valence-corrected chi connectivity index (χ3v) is 10.5. The Kier molecular flexibility index (Phi) is 8.28. The first-order valence-electron chi connectivity index (χ1n) is 14.4. The fraction of sp³-hybridized carbons (Fsp3) is 0.586. The molecule has 42 heavy (non-hydrogen) atoms. The summed E-state index contributed by atoms with van der Waals surface area (Å²) in [4.78, 5) is 27.1. The molecule has 0 radical (unpaired) electrons. The minimum Gasteiger partial charge on any atom is -0.379 e. The first-order chi connectivity index (χ1) is 20.0. The zero-order chi connectivity index (χ0) is 29.9. The van der Waals surface area contributed by atoms with Gasteiger partial charge in [-0.1, -0.05) is 32.4 Å². The fourth-order valence-electron chi connectivity index (χ4n) is 7.17. The molecule has 2 aromatic heterocycles. The van der Waals surface area contributed by atoms with E-state index >= 15 is 4.39 Å². The van der Waals surface area contributed by atoms with Crippen LogP contribution in [-0.2, 0) is 28.2 Å². The molecule has 1 saturated heterocycles. The van der Waals surface area contributed by atoms with Crippen molar-refractivity contribution in [2.24, 2.45) is 17.8 Å². The van der Waals surface area contributed by atoms with Crippen molar-refractivity contribution in [3.05, 3.63) is 43.9 Å². The van der Waals surface area contributed by atoms with Crippen LogP contribution in [-0.4, -0.2) is 63.3 Å². The van der Waals surface area contributed by atoms with Crippen molar-refractivity contribution in [1.82, 2.24) is 24.6 Å². The Morgan fingerprint density at radius 2 is 1.86 bits per heavy atom. The van der Waals surface area contributed by atoms with E-state index in [1.165, 1.54) is 6.07 Å². The number of carbonyl (C=O) groups excluding carboxylic acids is 1. The standard InChI is InChI=1S/C29H33BrCl2F2N6O2/c1-15(2)18-6-5-16(3)26(41)29(18,39-9-11-42-12-10-39)25-22(31)20-14-38(7-4-8-40(20)37-25)27-17-13-19(33)21(30)23(34)24(17)35-28(32)36-27/h13,15-16,18H,4-12,14H2,1-3H3. The van der Waals surface area contributed by atoms with E-state index in [2.05, 4.69) is 44.6 Å². The lowest BCUT2D eigenvalue weighted by Gasteiger charge is -2.53. The number of Topliss-reactive ketones (excluding diaryl/α,β-unsaturated/α-hetero) is 1. The first kappa shape index (κ1) is 30.1. The Morgan fingerprint density at radius 1 is 1.12 bits per heavy atom. The van der Waals surface area contributed by atoms with E-state index in [4.69, 9.17) is 33.0 Å². The molecule has 226 valence electrons. The topological polar surface area (TPSA) is 76.4 Å². The van der Waals surface area contributed by atoms with Gasteiger partial charge in [-0.15, -0.1) is 0 Å². The third-order valence-electron chi connectivity index (χ3n) is 9.16. The Labute approximate surface area is 261 Å². The van der Waals surface area contributed by atoms with Gasteiger partial charge in [0.05, 0.1) is 34.9 Å². The van der Waals surface area contributed by atoms with Crippen molar-refractivity contribution < 1.29 is 18.3 Å². The smallest absolute Gasteiger partial charge is 0.225 e. The van der Waals surface area contributed by atoms with Crippen molar-refractivity contribution in [1.29, 1.82) is 0 Å². The molecule has 0 spiro atoms. The number of fused-ring (bicyclic) bond motifs is 2. The molecule has 3 unspecified atom stereocenters. The van der Waals surface area contributed by atoms with Crippen LogP contribution in [0.4, 0.5) is 14.6 Å². The van der Waals surface area contributed by atoms with Crippen LogP contribution >= 0.6 is 39.1 Å². The minimum atomic E-state index is -0.972. The quantitative estimate of drug-likeness (QED) is 0.233. The summed E-state index contributed by atoms with van der Waals surface area (Å²) in [5.41, 5.74) is 0.284. The minimum absolute atomic E-state index is 0.0288. The average Bonchev–Trinajstić information content (AvgIpc) is 3.13. The van der Waals surface area contributed by atoms with Crippen LogP contribution in [0.25, 0.3) is 10.9 Å². The van der Waals surface area contributed by atoms with Gasteiger partial charge in [-0.2, -0.15) is 10.1 Å². The highest BCUT2D eigenvalue weighted by Gasteiger charge is 2.58. The van der Waals surface area contributed by atoms with Crippen molar-refractivity contribution >= 4 is 61.6 Å². The Morgan fingerprint density at radius 3 is 2.57 bits per heavy atom. The molecule has 2 fully saturated rings. The van der Waals surface area contributed by atoms with Crippen LogP contribution in [0, 0.1) is 29.4 Å². The summed E-state index contributed by atoms with van der Waals surface area (Å²) in [6.07, 6.45) is 2.39. The number of ketones is 1. The molecular formula is C29H33BrCl2F2N6O2. The van der Waals surface area contributed by atoms with E-state index in [0.717, 1.165) is 18.5 Å². The van der Waals surface area contributed by atoms with Gasteiger partial charge in [0.2, 0.25) is 5.28 Å². The van der Waals surface area contributed by atoms with E-state index in [-0.39, 0.29) is 50.7 Å². The van der Waals surface area contributed by atoms with Gasteiger partial charge in [-0.05, 0) is 64.7 Å². The van der Waals surface area contributed by atoms with Crippen LogP contribution in [0.15, 0.2) is 10.5 Å². The van der Waals surface area contributed by atoms with Gasteiger partial charge >= 0.3 is 0 Å². The van der Waals surface area contributed by atoms with Gasteiger partial charge in [-0.25, -0.2) is 13.8 Å². The van der Waals surface area contributed by atoms with E-state index in [9.17, 15) is 9.18 Å².